The van der Waals surface area contributed by atoms with Crippen LogP contribution < -0.4 is 9.80 Å². The first-order valence-corrected chi connectivity index (χ1v) is 17.6. The van der Waals surface area contributed by atoms with Crippen LogP contribution in [0.15, 0.2) is 84.9 Å². The molecule has 1 aromatic heterocycles. The van der Waals surface area contributed by atoms with Crippen LogP contribution in [0, 0.1) is 0 Å². The van der Waals surface area contributed by atoms with Crippen molar-refractivity contribution in [2.45, 2.75) is 64.1 Å². The molecule has 5 aromatic rings. The van der Waals surface area contributed by atoms with Gasteiger partial charge in [0, 0.05) is 25.3 Å². The molecule has 1 unspecified atom stereocenters. The molecule has 0 saturated carbocycles. The smallest absolute Gasteiger partial charge is 0.372 e. The summed E-state index contributed by atoms with van der Waals surface area (Å²) in [5, 5.41) is 12.9. The maximum absolute atomic E-state index is 14.0. The van der Waals surface area contributed by atoms with Crippen LogP contribution in [0.2, 0.25) is 0 Å². The van der Waals surface area contributed by atoms with Crippen molar-refractivity contribution in [1.29, 1.82) is 0 Å². The lowest BCUT2D eigenvalue weighted by Gasteiger charge is -2.33. The number of tetrazole rings is 1. The van der Waals surface area contributed by atoms with E-state index in [2.05, 4.69) is 26.4 Å². The molecule has 3 aliphatic rings. The predicted octanol–water partition coefficient (Wildman–Crippen LogP) is 7.59. The molecule has 0 fully saturated rings. The highest BCUT2D eigenvalue weighted by molar-refractivity contribution is 6.21. The largest absolute Gasteiger partial charge is 0.416 e. The molecule has 0 radical (unpaired) electrons. The van der Waals surface area contributed by atoms with Crippen LogP contribution in [0.3, 0.4) is 0 Å². The second-order valence-electron chi connectivity index (χ2n) is 13.8. The van der Waals surface area contributed by atoms with E-state index in [0.29, 0.717) is 51.3 Å². The van der Waals surface area contributed by atoms with Gasteiger partial charge in [0.05, 0.1) is 54.6 Å². The number of amides is 2. The Bertz CT molecular complexity index is 2190. The minimum absolute atomic E-state index is 0.0439. The average Bonchev–Trinajstić information content (AvgIpc) is 3.86. The van der Waals surface area contributed by atoms with Crippen molar-refractivity contribution in [2.24, 2.45) is 0 Å². The van der Waals surface area contributed by atoms with E-state index < -0.39 is 47.9 Å². The minimum Gasteiger partial charge on any atom is -0.372 e. The molecule has 0 spiro atoms. The Kier molecular flexibility index (Phi) is 9.31. The summed E-state index contributed by atoms with van der Waals surface area (Å²) in [5.41, 5.74) is 2.08. The number of alkyl halides is 6. The van der Waals surface area contributed by atoms with Gasteiger partial charge in [-0.25, -0.2) is 0 Å². The number of carbonyl (C=O) groups is 2. The Morgan fingerprint density at radius 2 is 1.40 bits per heavy atom. The summed E-state index contributed by atoms with van der Waals surface area (Å²) in [6.07, 6.45) is -9.01. The van der Waals surface area contributed by atoms with Gasteiger partial charge in [0.25, 0.3) is 17.8 Å². The fraction of sp³-hybridized carbons (Fsp3) is 0.308. The summed E-state index contributed by atoms with van der Waals surface area (Å²) in [6.45, 7) is 1.35. The summed E-state index contributed by atoms with van der Waals surface area (Å²) in [5.74, 6) is -0.990. The van der Waals surface area contributed by atoms with Gasteiger partial charge in [0.15, 0.2) is 0 Å². The number of anilines is 2. The Morgan fingerprint density at radius 3 is 2.05 bits per heavy atom. The van der Waals surface area contributed by atoms with E-state index in [0.717, 1.165) is 37.6 Å². The lowest BCUT2D eigenvalue weighted by atomic mass is 9.95. The number of imide groups is 1. The summed E-state index contributed by atoms with van der Waals surface area (Å²) >= 11 is 0. The Balaban J connectivity index is 1.18. The van der Waals surface area contributed by atoms with Gasteiger partial charge in [-0.2, -0.15) is 31.1 Å². The normalized spacial score (nSPS) is 16.9. The zero-order valence-electron chi connectivity index (χ0n) is 29.1. The molecule has 8 rings (SSSR count). The maximum atomic E-state index is 14.0. The van der Waals surface area contributed by atoms with E-state index in [1.807, 2.05) is 36.4 Å². The molecule has 16 heteroatoms. The summed E-state index contributed by atoms with van der Waals surface area (Å²) in [7, 11) is 0. The van der Waals surface area contributed by atoms with Gasteiger partial charge in [-0.05, 0) is 88.3 Å². The number of hydrogen-bond donors (Lipinski definition) is 0. The fourth-order valence-electron chi connectivity index (χ4n) is 7.52. The molecule has 2 amide bonds. The zero-order chi connectivity index (χ0) is 38.5. The SMILES string of the molecule is O=C1c2ccccc2C(=O)N1CCn1nnc(N(Cc2cc(C(F)(F)F)cc(C(F)(F)F)c2)C2CCCN(Cc3ccccc3)c3cc4c(cc32)COC4)n1. The van der Waals surface area contributed by atoms with Crippen molar-refractivity contribution < 1.29 is 40.7 Å². The first kappa shape index (κ1) is 36.2. The molecule has 4 heterocycles. The zero-order valence-corrected chi connectivity index (χ0v) is 29.1. The summed E-state index contributed by atoms with van der Waals surface area (Å²) in [6, 6.07) is 21.3. The molecule has 0 N–H and O–H groups in total. The summed E-state index contributed by atoms with van der Waals surface area (Å²) in [4.78, 5) is 32.0. The van der Waals surface area contributed by atoms with Crippen LogP contribution >= 0.6 is 0 Å². The lowest BCUT2D eigenvalue weighted by molar-refractivity contribution is -0.143. The molecule has 1 atom stereocenters. The van der Waals surface area contributed by atoms with Crippen LogP contribution in [-0.2, 0) is 49.9 Å². The van der Waals surface area contributed by atoms with Crippen LogP contribution in [0.25, 0.3) is 0 Å². The van der Waals surface area contributed by atoms with Crippen LogP contribution in [0.4, 0.5) is 38.0 Å². The first-order chi connectivity index (χ1) is 26.3. The molecule has 3 aliphatic heterocycles. The topological polar surface area (TPSA) is 96.7 Å². The average molecular weight is 762 g/mol. The number of halogens is 6. The van der Waals surface area contributed by atoms with Crippen molar-refractivity contribution >= 4 is 23.5 Å². The number of carbonyl (C=O) groups excluding carboxylic acids is 2. The molecular weight excluding hydrogens is 728 g/mol. The monoisotopic (exact) mass is 761 g/mol. The van der Waals surface area contributed by atoms with Crippen molar-refractivity contribution in [3.8, 4) is 0 Å². The number of aromatic nitrogens is 4. The number of benzene rings is 4. The molecule has 0 aliphatic carbocycles. The Morgan fingerprint density at radius 1 is 0.764 bits per heavy atom. The molecule has 284 valence electrons. The van der Waals surface area contributed by atoms with Gasteiger partial charge >= 0.3 is 12.4 Å². The van der Waals surface area contributed by atoms with Crippen LogP contribution in [0.5, 0.6) is 0 Å². The van der Waals surface area contributed by atoms with E-state index in [4.69, 9.17) is 4.74 Å². The highest BCUT2D eigenvalue weighted by Gasteiger charge is 2.39. The van der Waals surface area contributed by atoms with Gasteiger partial charge in [-0.15, -0.1) is 5.10 Å². The van der Waals surface area contributed by atoms with Crippen molar-refractivity contribution in [3.05, 3.63) is 135 Å². The van der Waals surface area contributed by atoms with E-state index in [-0.39, 0.29) is 41.8 Å². The molecule has 0 saturated heterocycles. The number of fused-ring (bicyclic) bond motifs is 3. The van der Waals surface area contributed by atoms with E-state index in [1.54, 1.807) is 29.2 Å². The van der Waals surface area contributed by atoms with Gasteiger partial charge in [0.1, 0.15) is 0 Å². The summed E-state index contributed by atoms with van der Waals surface area (Å²) < 4.78 is 89.9. The highest BCUT2D eigenvalue weighted by atomic mass is 19.4. The predicted molar refractivity (Wildman–Crippen MR) is 187 cm³/mol. The number of ether oxygens (including phenoxy) is 1. The third-order valence-corrected chi connectivity index (χ3v) is 10.2. The maximum Gasteiger partial charge on any atom is 0.416 e. The molecule has 55 heavy (non-hydrogen) atoms. The third-order valence-electron chi connectivity index (χ3n) is 10.2. The molecule has 4 aromatic carbocycles. The second-order valence-corrected chi connectivity index (χ2v) is 13.8. The third kappa shape index (κ3) is 7.25. The van der Waals surface area contributed by atoms with E-state index >= 15 is 0 Å². The van der Waals surface area contributed by atoms with E-state index in [1.165, 1.54) is 0 Å². The Hall–Kier alpha value is -5.77. The lowest BCUT2D eigenvalue weighted by Crippen LogP contribution is -2.33. The van der Waals surface area contributed by atoms with Crippen molar-refractivity contribution in [3.63, 3.8) is 0 Å². The highest BCUT2D eigenvalue weighted by Crippen LogP contribution is 2.43. The van der Waals surface area contributed by atoms with Gasteiger partial charge in [-0.3, -0.25) is 14.5 Å². The molecule has 10 nitrogen and oxygen atoms in total. The number of nitrogens with zero attached hydrogens (tertiary/aromatic N) is 7. The van der Waals surface area contributed by atoms with Crippen molar-refractivity contribution in [2.75, 3.05) is 22.9 Å². The molecule has 0 bridgehead atoms. The van der Waals surface area contributed by atoms with E-state index in [9.17, 15) is 35.9 Å². The molecular formula is C39H33F6N7O3. The standard InChI is InChI=1S/C39H33F6N7O3/c40-38(41,42)28-15-25(16-29(19-28)39(43,44)45)21-51(37-46-48-52(47-37)14-13-50-35(53)30-9-4-5-10-31(30)36(50)54)33-11-6-12-49(20-24-7-2-1-3-8-24)34-18-27-23-55-22-26(27)17-32(33)34/h1-5,7-10,15-19,33H,6,11-14,20-23H2. The first-order valence-electron chi connectivity index (χ1n) is 17.6. The van der Waals surface area contributed by atoms with Gasteiger partial charge in [-0.1, -0.05) is 47.6 Å². The number of rotatable bonds is 9. The van der Waals surface area contributed by atoms with Gasteiger partial charge < -0.3 is 14.5 Å². The van der Waals surface area contributed by atoms with Crippen molar-refractivity contribution in [1.82, 2.24) is 25.1 Å². The minimum atomic E-state index is -5.04. The number of hydrogen-bond acceptors (Lipinski definition) is 8. The Labute approximate surface area is 310 Å². The van der Waals surface area contributed by atoms with Gasteiger partial charge in [0.2, 0.25) is 0 Å². The quantitative estimate of drug-likeness (QED) is 0.112. The van der Waals surface area contributed by atoms with Crippen LogP contribution in [0.1, 0.15) is 78.5 Å². The second kappa shape index (κ2) is 14.1. The van der Waals surface area contributed by atoms with Crippen LogP contribution in [-0.4, -0.2) is 50.0 Å². The fourth-order valence-corrected chi connectivity index (χ4v) is 7.52.